The second-order valence-electron chi connectivity index (χ2n) is 3.04. The van der Waals surface area contributed by atoms with Crippen molar-refractivity contribution in [2.45, 2.75) is 26.6 Å². The van der Waals surface area contributed by atoms with Crippen molar-refractivity contribution >= 4 is 0 Å². The first-order valence-corrected chi connectivity index (χ1v) is 4.52. The highest BCUT2D eigenvalue weighted by molar-refractivity contribution is 4.89. The Balaban J connectivity index is 2.70. The summed E-state index contributed by atoms with van der Waals surface area (Å²) in [5, 5.41) is 0. The maximum absolute atomic E-state index is 11.7. The average Bonchev–Trinajstić information content (AvgIpc) is 2.18. The normalized spacial score (nSPS) is 15.2. The molecular formula is C8H11N3O3. The largest absolute Gasteiger partial charge is 0.372 e. The molecule has 0 saturated carbocycles. The molecule has 0 amide bonds. The van der Waals surface area contributed by atoms with Crippen molar-refractivity contribution in [2.24, 2.45) is 0 Å². The fraction of sp³-hybridized carbons (Fsp3) is 0.625. The Bertz CT molecular complexity index is 460. The van der Waals surface area contributed by atoms with Crippen LogP contribution in [0, 0.1) is 0 Å². The van der Waals surface area contributed by atoms with Crippen LogP contribution >= 0.6 is 0 Å². The third-order valence-electron chi connectivity index (χ3n) is 2.24. The fourth-order valence-corrected chi connectivity index (χ4v) is 1.49. The molecule has 0 fully saturated rings. The molecule has 0 aliphatic carbocycles. The van der Waals surface area contributed by atoms with Gasteiger partial charge >= 0.3 is 11.4 Å². The van der Waals surface area contributed by atoms with Crippen LogP contribution in [0.1, 0.15) is 12.7 Å². The van der Waals surface area contributed by atoms with Gasteiger partial charge < -0.3 is 4.74 Å². The first-order valence-electron chi connectivity index (χ1n) is 4.52. The Kier molecular flexibility index (Phi) is 2.20. The summed E-state index contributed by atoms with van der Waals surface area (Å²) in [6.45, 7) is 3.32. The monoisotopic (exact) mass is 197 g/mol. The summed E-state index contributed by atoms with van der Waals surface area (Å²) < 4.78 is 7.72. The second-order valence-corrected chi connectivity index (χ2v) is 3.04. The molecule has 0 saturated heterocycles. The van der Waals surface area contributed by atoms with Gasteiger partial charge in [-0.3, -0.25) is 4.57 Å². The number of hydrogen-bond donors (Lipinski definition) is 0. The summed E-state index contributed by atoms with van der Waals surface area (Å²) in [4.78, 5) is 26.8. The smallest absolute Gasteiger partial charge is 0.353 e. The number of hydrogen-bond acceptors (Lipinski definition) is 4. The third kappa shape index (κ3) is 1.27. The molecule has 14 heavy (non-hydrogen) atoms. The first-order chi connectivity index (χ1) is 6.74. The molecule has 0 spiro atoms. The highest BCUT2D eigenvalue weighted by Gasteiger charge is 2.15. The lowest BCUT2D eigenvalue weighted by atomic mass is 10.5. The van der Waals surface area contributed by atoms with E-state index in [4.69, 9.17) is 4.74 Å². The lowest BCUT2D eigenvalue weighted by molar-refractivity contribution is 0.0756. The molecule has 2 heterocycles. The molecule has 6 heteroatoms. The maximum atomic E-state index is 11.7. The van der Waals surface area contributed by atoms with Crippen LogP contribution in [0.5, 0.6) is 0 Å². The summed E-state index contributed by atoms with van der Waals surface area (Å²) in [6.07, 6.45) is 0. The lowest BCUT2D eigenvalue weighted by Gasteiger charge is -2.17. The molecule has 6 nitrogen and oxygen atoms in total. The van der Waals surface area contributed by atoms with Crippen molar-refractivity contribution in [2.75, 3.05) is 6.61 Å². The van der Waals surface area contributed by atoms with Crippen molar-refractivity contribution in [1.29, 1.82) is 0 Å². The van der Waals surface area contributed by atoms with Gasteiger partial charge in [0.2, 0.25) is 0 Å². The highest BCUT2D eigenvalue weighted by atomic mass is 16.5. The predicted octanol–water partition coefficient (Wildman–Crippen LogP) is -1.04. The van der Waals surface area contributed by atoms with Gasteiger partial charge in [-0.05, 0) is 6.92 Å². The van der Waals surface area contributed by atoms with Gasteiger partial charge in [0.05, 0.1) is 13.2 Å². The van der Waals surface area contributed by atoms with Crippen LogP contribution in [-0.4, -0.2) is 20.7 Å². The molecule has 1 aliphatic heterocycles. The Morgan fingerprint density at radius 3 is 3.00 bits per heavy atom. The lowest BCUT2D eigenvalue weighted by Crippen LogP contribution is -2.45. The molecular weight excluding hydrogens is 186 g/mol. The molecule has 0 bridgehead atoms. The zero-order chi connectivity index (χ0) is 10.1. The van der Waals surface area contributed by atoms with E-state index in [0.717, 1.165) is 4.57 Å². The highest BCUT2D eigenvalue weighted by Crippen LogP contribution is 1.99. The minimum Gasteiger partial charge on any atom is -0.372 e. The van der Waals surface area contributed by atoms with Gasteiger partial charge in [-0.1, -0.05) is 0 Å². The molecule has 0 aromatic carbocycles. The summed E-state index contributed by atoms with van der Waals surface area (Å²) in [5.74, 6) is 0.427. The van der Waals surface area contributed by atoms with Gasteiger partial charge in [-0.25, -0.2) is 14.2 Å². The van der Waals surface area contributed by atoms with Crippen LogP contribution in [0.15, 0.2) is 9.59 Å². The standard InChI is InChI=1S/C8H11N3O3/c1-2-10-7(12)9-6-5-14-4-3-11(6)8(10)13/h2-5H2,1H3. The van der Waals surface area contributed by atoms with Gasteiger partial charge in [0.1, 0.15) is 12.4 Å². The van der Waals surface area contributed by atoms with Crippen molar-refractivity contribution in [3.63, 3.8) is 0 Å². The molecule has 2 rings (SSSR count). The zero-order valence-corrected chi connectivity index (χ0v) is 7.89. The quantitative estimate of drug-likeness (QED) is 0.576. The molecule has 1 aliphatic rings. The van der Waals surface area contributed by atoms with Crippen LogP contribution in [-0.2, 0) is 24.4 Å². The summed E-state index contributed by atoms with van der Waals surface area (Å²) in [6, 6.07) is 0. The molecule has 0 N–H and O–H groups in total. The second kappa shape index (κ2) is 3.38. The van der Waals surface area contributed by atoms with E-state index in [1.807, 2.05) is 0 Å². The molecule has 76 valence electrons. The first kappa shape index (κ1) is 9.14. The van der Waals surface area contributed by atoms with Crippen molar-refractivity contribution < 1.29 is 4.74 Å². The molecule has 1 aromatic heterocycles. The van der Waals surface area contributed by atoms with Crippen molar-refractivity contribution in [3.8, 4) is 0 Å². The zero-order valence-electron chi connectivity index (χ0n) is 7.89. The number of aromatic nitrogens is 3. The van der Waals surface area contributed by atoms with Crippen LogP contribution in [0.4, 0.5) is 0 Å². The van der Waals surface area contributed by atoms with Gasteiger partial charge in [0, 0.05) is 6.54 Å². The average molecular weight is 197 g/mol. The van der Waals surface area contributed by atoms with Gasteiger partial charge in [-0.15, -0.1) is 0 Å². The number of nitrogens with zero attached hydrogens (tertiary/aromatic N) is 3. The van der Waals surface area contributed by atoms with E-state index in [0.29, 0.717) is 25.5 Å². The minimum absolute atomic E-state index is 0.245. The van der Waals surface area contributed by atoms with E-state index in [2.05, 4.69) is 4.98 Å². The van der Waals surface area contributed by atoms with Crippen LogP contribution < -0.4 is 11.4 Å². The van der Waals surface area contributed by atoms with E-state index in [-0.39, 0.29) is 12.3 Å². The van der Waals surface area contributed by atoms with Gasteiger partial charge in [0.25, 0.3) is 0 Å². The summed E-state index contributed by atoms with van der Waals surface area (Å²) in [7, 11) is 0. The van der Waals surface area contributed by atoms with E-state index >= 15 is 0 Å². The number of ether oxygens (including phenoxy) is 1. The van der Waals surface area contributed by atoms with E-state index in [1.165, 1.54) is 4.57 Å². The Hall–Kier alpha value is -1.43. The van der Waals surface area contributed by atoms with E-state index in [9.17, 15) is 9.59 Å². The van der Waals surface area contributed by atoms with Crippen LogP contribution in [0.2, 0.25) is 0 Å². The Labute approximate surface area is 79.8 Å². The minimum atomic E-state index is -0.491. The predicted molar refractivity (Wildman–Crippen MR) is 48.1 cm³/mol. The fourth-order valence-electron chi connectivity index (χ4n) is 1.49. The number of fused-ring (bicyclic) bond motifs is 1. The number of rotatable bonds is 1. The maximum Gasteiger partial charge on any atom is 0.353 e. The third-order valence-corrected chi connectivity index (χ3v) is 2.24. The Morgan fingerprint density at radius 1 is 1.50 bits per heavy atom. The van der Waals surface area contributed by atoms with Crippen molar-refractivity contribution in [3.05, 3.63) is 26.8 Å². The summed E-state index contributed by atoms with van der Waals surface area (Å²) in [5.41, 5.74) is -0.778. The SMILES string of the molecule is CCn1c(=O)nc2n(c1=O)CCOC2. The molecule has 0 atom stereocenters. The molecule has 1 aromatic rings. The van der Waals surface area contributed by atoms with Crippen molar-refractivity contribution in [1.82, 2.24) is 14.1 Å². The molecule has 0 unspecified atom stereocenters. The van der Waals surface area contributed by atoms with Gasteiger partial charge in [0.15, 0.2) is 0 Å². The van der Waals surface area contributed by atoms with E-state index < -0.39 is 5.69 Å². The Morgan fingerprint density at radius 2 is 2.29 bits per heavy atom. The van der Waals surface area contributed by atoms with Crippen LogP contribution in [0.3, 0.4) is 0 Å². The van der Waals surface area contributed by atoms with Gasteiger partial charge in [-0.2, -0.15) is 4.98 Å². The van der Waals surface area contributed by atoms with Crippen LogP contribution in [0.25, 0.3) is 0 Å². The molecule has 0 radical (unpaired) electrons. The summed E-state index contributed by atoms with van der Waals surface area (Å²) >= 11 is 0. The van der Waals surface area contributed by atoms with E-state index in [1.54, 1.807) is 6.92 Å². The topological polar surface area (TPSA) is 66.1 Å².